The molecule has 0 saturated heterocycles. The molecule has 1 aliphatic rings. The summed E-state index contributed by atoms with van der Waals surface area (Å²) in [6.45, 7) is 3.97. The Bertz CT molecular complexity index is 687. The summed E-state index contributed by atoms with van der Waals surface area (Å²) >= 11 is 0. The first-order valence-electron chi connectivity index (χ1n) is 6.80. The third-order valence-electron chi connectivity index (χ3n) is 3.61. The van der Waals surface area contributed by atoms with E-state index in [-0.39, 0.29) is 11.8 Å². The molecule has 0 fully saturated rings. The average Bonchev–Trinajstić information content (AvgIpc) is 2.75. The van der Waals surface area contributed by atoms with Gasteiger partial charge < -0.3 is 0 Å². The van der Waals surface area contributed by atoms with Crippen molar-refractivity contribution in [3.63, 3.8) is 0 Å². The van der Waals surface area contributed by atoms with Gasteiger partial charge in [-0.25, -0.2) is 0 Å². The molecule has 0 aromatic heterocycles. The van der Waals surface area contributed by atoms with Crippen molar-refractivity contribution in [3.05, 3.63) is 70.8 Å². The molecule has 0 atom stereocenters. The zero-order valence-corrected chi connectivity index (χ0v) is 11.9. The minimum atomic E-state index is -0.334. The molecule has 0 aliphatic carbocycles. The van der Waals surface area contributed by atoms with Gasteiger partial charge in [0.2, 0.25) is 0 Å². The molecule has 3 rings (SSSR count). The highest BCUT2D eigenvalue weighted by Crippen LogP contribution is 2.31. The van der Waals surface area contributed by atoms with Gasteiger partial charge in [0.15, 0.2) is 0 Å². The molecule has 3 heteroatoms. The molecule has 0 saturated carbocycles. The van der Waals surface area contributed by atoms with E-state index >= 15 is 0 Å². The van der Waals surface area contributed by atoms with Crippen molar-refractivity contribution < 1.29 is 9.59 Å². The van der Waals surface area contributed by atoms with Gasteiger partial charge in [-0.3, -0.25) is 14.9 Å². The van der Waals surface area contributed by atoms with E-state index in [1.807, 2.05) is 62.4 Å². The number of rotatable bonds is 2. The lowest BCUT2D eigenvalue weighted by Crippen LogP contribution is -2.22. The van der Waals surface area contributed by atoms with Crippen LogP contribution in [0.4, 0.5) is 0 Å². The van der Waals surface area contributed by atoms with Crippen LogP contribution in [-0.2, 0) is 9.59 Å². The second-order valence-corrected chi connectivity index (χ2v) is 5.27. The first kappa shape index (κ1) is 13.3. The third kappa shape index (κ3) is 2.38. The number of aryl methyl sites for hydroxylation is 2. The van der Waals surface area contributed by atoms with Crippen LogP contribution in [0.1, 0.15) is 22.3 Å². The van der Waals surface area contributed by atoms with E-state index in [1.54, 1.807) is 0 Å². The van der Waals surface area contributed by atoms with Crippen molar-refractivity contribution in [2.75, 3.05) is 0 Å². The molecule has 1 heterocycles. The van der Waals surface area contributed by atoms with E-state index < -0.39 is 0 Å². The van der Waals surface area contributed by atoms with Gasteiger partial charge in [0.25, 0.3) is 11.8 Å². The Morgan fingerprint density at radius 2 is 0.952 bits per heavy atom. The molecule has 2 aromatic rings. The lowest BCUT2D eigenvalue weighted by Gasteiger charge is -2.05. The number of nitrogens with one attached hydrogen (secondary N) is 1. The summed E-state index contributed by atoms with van der Waals surface area (Å²) in [6.07, 6.45) is 0. The molecule has 0 radical (unpaired) electrons. The highest BCUT2D eigenvalue weighted by Gasteiger charge is 2.31. The molecular formula is C18H15NO2. The summed E-state index contributed by atoms with van der Waals surface area (Å²) in [6, 6.07) is 15.2. The number of benzene rings is 2. The fraction of sp³-hybridized carbons (Fsp3) is 0.111. The molecule has 0 bridgehead atoms. The minimum Gasteiger partial charge on any atom is -0.288 e. The van der Waals surface area contributed by atoms with Gasteiger partial charge in [0, 0.05) is 0 Å². The normalized spacial score (nSPS) is 14.6. The summed E-state index contributed by atoms with van der Waals surface area (Å²) in [5, 5.41) is 2.39. The Labute approximate surface area is 123 Å². The van der Waals surface area contributed by atoms with Gasteiger partial charge in [0.1, 0.15) is 0 Å². The number of carbonyl (C=O) groups excluding carboxylic acids is 2. The van der Waals surface area contributed by atoms with E-state index in [1.165, 1.54) is 0 Å². The SMILES string of the molecule is Cc1ccc(C2=C(c3ccc(C)cc3)C(=O)NC2=O)cc1. The molecule has 1 aliphatic heterocycles. The van der Waals surface area contributed by atoms with Gasteiger partial charge in [0.05, 0.1) is 11.1 Å². The lowest BCUT2D eigenvalue weighted by atomic mass is 9.95. The minimum absolute atomic E-state index is 0.334. The molecule has 104 valence electrons. The summed E-state index contributed by atoms with van der Waals surface area (Å²) in [7, 11) is 0. The lowest BCUT2D eigenvalue weighted by molar-refractivity contribution is -0.122. The molecule has 3 nitrogen and oxygen atoms in total. The quantitative estimate of drug-likeness (QED) is 0.858. The zero-order chi connectivity index (χ0) is 15.0. The maximum atomic E-state index is 12.1. The Morgan fingerprint density at radius 1 is 0.619 bits per heavy atom. The van der Waals surface area contributed by atoms with Crippen LogP contribution in [0.2, 0.25) is 0 Å². The van der Waals surface area contributed by atoms with Crippen LogP contribution < -0.4 is 5.32 Å². The average molecular weight is 277 g/mol. The van der Waals surface area contributed by atoms with E-state index in [0.717, 1.165) is 22.3 Å². The van der Waals surface area contributed by atoms with Crippen molar-refractivity contribution >= 4 is 23.0 Å². The van der Waals surface area contributed by atoms with Crippen molar-refractivity contribution in [1.82, 2.24) is 5.32 Å². The molecule has 0 spiro atoms. The third-order valence-corrected chi connectivity index (χ3v) is 3.61. The van der Waals surface area contributed by atoms with Crippen LogP contribution >= 0.6 is 0 Å². The number of imide groups is 1. The van der Waals surface area contributed by atoms with Gasteiger partial charge >= 0.3 is 0 Å². The Hall–Kier alpha value is -2.68. The second-order valence-electron chi connectivity index (χ2n) is 5.27. The Kier molecular flexibility index (Phi) is 3.18. The van der Waals surface area contributed by atoms with E-state index in [0.29, 0.717) is 11.1 Å². The van der Waals surface area contributed by atoms with Crippen molar-refractivity contribution in [3.8, 4) is 0 Å². The van der Waals surface area contributed by atoms with E-state index in [9.17, 15) is 9.59 Å². The summed E-state index contributed by atoms with van der Waals surface area (Å²) in [4.78, 5) is 24.3. The largest absolute Gasteiger partial charge is 0.288 e. The molecule has 0 unspecified atom stereocenters. The maximum Gasteiger partial charge on any atom is 0.259 e. The summed E-state index contributed by atoms with van der Waals surface area (Å²) < 4.78 is 0. The van der Waals surface area contributed by atoms with Crippen LogP contribution in [0.3, 0.4) is 0 Å². The second kappa shape index (κ2) is 5.02. The smallest absolute Gasteiger partial charge is 0.259 e. The van der Waals surface area contributed by atoms with Gasteiger partial charge in [-0.15, -0.1) is 0 Å². The van der Waals surface area contributed by atoms with Crippen LogP contribution in [0.25, 0.3) is 11.1 Å². The van der Waals surface area contributed by atoms with Crippen LogP contribution in [0.15, 0.2) is 48.5 Å². The molecule has 21 heavy (non-hydrogen) atoms. The summed E-state index contributed by atoms with van der Waals surface area (Å²) in [5.74, 6) is -0.668. The van der Waals surface area contributed by atoms with Gasteiger partial charge in [-0.05, 0) is 25.0 Å². The molecule has 1 N–H and O–H groups in total. The number of carbonyl (C=O) groups is 2. The number of amides is 2. The number of hydrogen-bond donors (Lipinski definition) is 1. The van der Waals surface area contributed by atoms with E-state index in [2.05, 4.69) is 5.32 Å². The molecule has 2 aromatic carbocycles. The fourth-order valence-corrected chi connectivity index (χ4v) is 2.45. The standard InChI is InChI=1S/C18H15NO2/c1-11-3-7-13(8-4-11)15-16(18(21)19-17(15)20)14-9-5-12(2)6-10-14/h3-10H,1-2H3,(H,19,20,21). The van der Waals surface area contributed by atoms with Crippen LogP contribution in [0, 0.1) is 13.8 Å². The first-order chi connectivity index (χ1) is 10.1. The first-order valence-corrected chi connectivity index (χ1v) is 6.80. The van der Waals surface area contributed by atoms with Crippen molar-refractivity contribution in [2.45, 2.75) is 13.8 Å². The predicted molar refractivity (Wildman–Crippen MR) is 82.3 cm³/mol. The summed E-state index contributed by atoms with van der Waals surface area (Å²) in [5.41, 5.74) is 4.65. The molecule has 2 amide bonds. The van der Waals surface area contributed by atoms with Gasteiger partial charge in [-0.1, -0.05) is 59.7 Å². The highest BCUT2D eigenvalue weighted by atomic mass is 16.2. The van der Waals surface area contributed by atoms with Crippen LogP contribution in [-0.4, -0.2) is 11.8 Å². The van der Waals surface area contributed by atoms with Crippen LogP contribution in [0.5, 0.6) is 0 Å². The maximum absolute atomic E-state index is 12.1. The highest BCUT2D eigenvalue weighted by molar-refractivity contribution is 6.49. The molecular weight excluding hydrogens is 262 g/mol. The Morgan fingerprint density at radius 3 is 1.29 bits per heavy atom. The van der Waals surface area contributed by atoms with Crippen molar-refractivity contribution in [1.29, 1.82) is 0 Å². The number of hydrogen-bond acceptors (Lipinski definition) is 2. The Balaban J connectivity index is 2.19. The van der Waals surface area contributed by atoms with Gasteiger partial charge in [-0.2, -0.15) is 0 Å². The van der Waals surface area contributed by atoms with Crippen molar-refractivity contribution in [2.24, 2.45) is 0 Å². The fourth-order valence-electron chi connectivity index (χ4n) is 2.45. The topological polar surface area (TPSA) is 46.2 Å². The monoisotopic (exact) mass is 277 g/mol. The zero-order valence-electron chi connectivity index (χ0n) is 11.9. The van der Waals surface area contributed by atoms with E-state index in [4.69, 9.17) is 0 Å². The predicted octanol–water partition coefficient (Wildman–Crippen LogP) is 2.87.